The predicted molar refractivity (Wildman–Crippen MR) is 101 cm³/mol. The minimum atomic E-state index is -1.24. The molecule has 0 radical (unpaired) electrons. The SMILES string of the molecule is CC(C)Oc1ccc(C(=O)NC(=S)Nc2ccc(C(=O)O)c(O)c2)cc1. The molecule has 2 rings (SSSR count). The Morgan fingerprint density at radius 1 is 1.12 bits per heavy atom. The summed E-state index contributed by atoms with van der Waals surface area (Å²) < 4.78 is 5.51. The van der Waals surface area contributed by atoms with E-state index in [2.05, 4.69) is 10.6 Å². The van der Waals surface area contributed by atoms with Crippen molar-refractivity contribution >= 4 is 34.9 Å². The summed E-state index contributed by atoms with van der Waals surface area (Å²) in [6, 6.07) is 10.5. The average Bonchev–Trinajstić information content (AvgIpc) is 2.54. The Labute approximate surface area is 155 Å². The van der Waals surface area contributed by atoms with Gasteiger partial charge in [0.2, 0.25) is 0 Å². The first-order valence-electron chi connectivity index (χ1n) is 7.71. The van der Waals surface area contributed by atoms with Gasteiger partial charge in [-0.25, -0.2) is 4.79 Å². The van der Waals surface area contributed by atoms with Crippen LogP contribution in [0.15, 0.2) is 42.5 Å². The molecule has 0 aliphatic heterocycles. The Morgan fingerprint density at radius 3 is 2.31 bits per heavy atom. The van der Waals surface area contributed by atoms with Crippen LogP contribution in [0.4, 0.5) is 5.69 Å². The summed E-state index contributed by atoms with van der Waals surface area (Å²) in [5, 5.41) is 23.8. The molecule has 26 heavy (non-hydrogen) atoms. The highest BCUT2D eigenvalue weighted by atomic mass is 32.1. The highest BCUT2D eigenvalue weighted by Gasteiger charge is 2.12. The molecule has 0 fully saturated rings. The number of nitrogens with one attached hydrogen (secondary N) is 2. The summed E-state index contributed by atoms with van der Waals surface area (Å²) in [4.78, 5) is 23.1. The zero-order valence-corrected chi connectivity index (χ0v) is 15.0. The first-order valence-corrected chi connectivity index (χ1v) is 8.12. The highest BCUT2D eigenvalue weighted by Crippen LogP contribution is 2.22. The molecule has 8 heteroatoms. The average molecular weight is 374 g/mol. The van der Waals surface area contributed by atoms with E-state index in [4.69, 9.17) is 22.1 Å². The molecule has 0 saturated carbocycles. The van der Waals surface area contributed by atoms with E-state index in [9.17, 15) is 14.7 Å². The molecule has 0 aliphatic rings. The third-order valence-electron chi connectivity index (χ3n) is 3.20. The number of ether oxygens (including phenoxy) is 1. The van der Waals surface area contributed by atoms with Crippen LogP contribution in [0.2, 0.25) is 0 Å². The molecule has 0 aliphatic carbocycles. The first kappa shape index (κ1) is 19.2. The molecule has 0 heterocycles. The van der Waals surface area contributed by atoms with Gasteiger partial charge in [0.25, 0.3) is 5.91 Å². The Bertz CT molecular complexity index is 834. The number of carboxylic acids is 1. The Morgan fingerprint density at radius 2 is 1.77 bits per heavy atom. The maximum atomic E-state index is 12.2. The van der Waals surface area contributed by atoms with E-state index >= 15 is 0 Å². The maximum absolute atomic E-state index is 12.2. The lowest BCUT2D eigenvalue weighted by molar-refractivity contribution is 0.0693. The van der Waals surface area contributed by atoms with Crippen LogP contribution < -0.4 is 15.4 Å². The summed E-state index contributed by atoms with van der Waals surface area (Å²) in [6.07, 6.45) is 0.0374. The second-order valence-corrected chi connectivity index (χ2v) is 6.04. The van der Waals surface area contributed by atoms with E-state index in [-0.39, 0.29) is 16.8 Å². The van der Waals surface area contributed by atoms with Gasteiger partial charge < -0.3 is 20.3 Å². The van der Waals surface area contributed by atoms with Gasteiger partial charge in [0.05, 0.1) is 6.10 Å². The number of thiocarbonyl (C=S) groups is 1. The normalized spacial score (nSPS) is 10.3. The van der Waals surface area contributed by atoms with Crippen molar-refractivity contribution in [2.24, 2.45) is 0 Å². The second kappa shape index (κ2) is 8.30. The fraction of sp³-hybridized carbons (Fsp3) is 0.167. The van der Waals surface area contributed by atoms with Gasteiger partial charge in [-0.1, -0.05) is 0 Å². The molecule has 4 N–H and O–H groups in total. The van der Waals surface area contributed by atoms with Gasteiger partial charge in [-0.3, -0.25) is 10.1 Å². The largest absolute Gasteiger partial charge is 0.507 e. The molecule has 7 nitrogen and oxygen atoms in total. The van der Waals surface area contributed by atoms with Crippen molar-refractivity contribution in [3.63, 3.8) is 0 Å². The second-order valence-electron chi connectivity index (χ2n) is 5.64. The molecule has 0 saturated heterocycles. The summed E-state index contributed by atoms with van der Waals surface area (Å²) in [5.41, 5.74) is 0.516. The van der Waals surface area contributed by atoms with Crippen molar-refractivity contribution in [2.45, 2.75) is 20.0 Å². The summed E-state index contributed by atoms with van der Waals surface area (Å²) in [5.74, 6) is -1.40. The van der Waals surface area contributed by atoms with Crippen molar-refractivity contribution in [1.29, 1.82) is 0 Å². The van der Waals surface area contributed by atoms with Gasteiger partial charge in [-0.15, -0.1) is 0 Å². The number of carbonyl (C=O) groups is 2. The topological polar surface area (TPSA) is 108 Å². The number of carbonyl (C=O) groups excluding carboxylic acids is 1. The summed E-state index contributed by atoms with van der Waals surface area (Å²) in [6.45, 7) is 3.82. The van der Waals surface area contributed by atoms with Gasteiger partial charge in [-0.2, -0.15) is 0 Å². The van der Waals surface area contributed by atoms with E-state index < -0.39 is 17.6 Å². The van der Waals surface area contributed by atoms with Gasteiger partial charge in [0.15, 0.2) is 5.11 Å². The molecule has 1 amide bonds. The quantitative estimate of drug-likeness (QED) is 0.596. The van der Waals surface area contributed by atoms with Gasteiger partial charge in [0.1, 0.15) is 17.1 Å². The van der Waals surface area contributed by atoms with Crippen LogP contribution in [0, 0.1) is 0 Å². The smallest absolute Gasteiger partial charge is 0.339 e. The molecule has 0 atom stereocenters. The molecular formula is C18H18N2O5S. The number of hydrogen-bond acceptors (Lipinski definition) is 5. The highest BCUT2D eigenvalue weighted by molar-refractivity contribution is 7.80. The van der Waals surface area contributed by atoms with Crippen LogP contribution in [0.3, 0.4) is 0 Å². The van der Waals surface area contributed by atoms with Crippen LogP contribution in [0.25, 0.3) is 0 Å². The number of hydrogen-bond donors (Lipinski definition) is 4. The lowest BCUT2D eigenvalue weighted by Gasteiger charge is -2.12. The number of aromatic hydroxyl groups is 1. The van der Waals surface area contributed by atoms with Crippen LogP contribution >= 0.6 is 12.2 Å². The lowest BCUT2D eigenvalue weighted by atomic mass is 10.2. The fourth-order valence-electron chi connectivity index (χ4n) is 2.08. The Hall–Kier alpha value is -3.13. The fourth-order valence-corrected chi connectivity index (χ4v) is 2.30. The van der Waals surface area contributed by atoms with Crippen molar-refractivity contribution < 1.29 is 24.5 Å². The van der Waals surface area contributed by atoms with Gasteiger partial charge in [-0.05, 0) is 62.5 Å². The third kappa shape index (κ3) is 5.18. The Kier molecular flexibility index (Phi) is 6.13. The molecule has 0 aromatic heterocycles. The van der Waals surface area contributed by atoms with Crippen LogP contribution in [-0.2, 0) is 0 Å². The monoisotopic (exact) mass is 374 g/mol. The summed E-state index contributed by atoms with van der Waals surface area (Å²) >= 11 is 5.06. The number of carboxylic acid groups (broad SMARTS) is 1. The number of amides is 1. The molecular weight excluding hydrogens is 356 g/mol. The lowest BCUT2D eigenvalue weighted by Crippen LogP contribution is -2.34. The predicted octanol–water partition coefficient (Wildman–Crippen LogP) is 3.00. The molecule has 2 aromatic rings. The van der Waals surface area contributed by atoms with Crippen LogP contribution in [-0.4, -0.2) is 33.3 Å². The minimum absolute atomic E-state index is 0.0139. The third-order valence-corrected chi connectivity index (χ3v) is 3.41. The van der Waals surface area contributed by atoms with Crippen molar-refractivity contribution in [3.05, 3.63) is 53.6 Å². The zero-order valence-electron chi connectivity index (χ0n) is 14.1. The molecule has 136 valence electrons. The van der Waals surface area contributed by atoms with Crippen LogP contribution in [0.5, 0.6) is 11.5 Å². The van der Waals surface area contributed by atoms with E-state index in [1.807, 2.05) is 13.8 Å². The maximum Gasteiger partial charge on any atom is 0.339 e. The zero-order chi connectivity index (χ0) is 19.3. The number of benzene rings is 2. The summed E-state index contributed by atoms with van der Waals surface area (Å²) in [7, 11) is 0. The number of anilines is 1. The van der Waals surface area contributed by atoms with Crippen LogP contribution in [0.1, 0.15) is 34.6 Å². The van der Waals surface area contributed by atoms with Gasteiger partial charge >= 0.3 is 5.97 Å². The number of aromatic carboxylic acids is 1. The molecule has 0 bridgehead atoms. The van der Waals surface area contributed by atoms with Gasteiger partial charge in [0, 0.05) is 17.3 Å². The standard InChI is InChI=1S/C18H18N2O5S/c1-10(2)25-13-6-3-11(4-7-13)16(22)20-18(26)19-12-5-8-14(17(23)24)15(21)9-12/h3-10,21H,1-2H3,(H,23,24)(H2,19,20,22,26). The van der Waals surface area contributed by atoms with E-state index in [0.29, 0.717) is 17.0 Å². The number of rotatable bonds is 5. The van der Waals surface area contributed by atoms with Crippen molar-refractivity contribution in [3.8, 4) is 11.5 Å². The minimum Gasteiger partial charge on any atom is -0.507 e. The van der Waals surface area contributed by atoms with Crippen molar-refractivity contribution in [2.75, 3.05) is 5.32 Å². The van der Waals surface area contributed by atoms with Crippen molar-refractivity contribution in [1.82, 2.24) is 5.32 Å². The molecule has 0 unspecified atom stereocenters. The molecule has 2 aromatic carbocycles. The van der Waals surface area contributed by atoms with E-state index in [1.165, 1.54) is 18.2 Å². The number of phenols is 1. The molecule has 0 spiro atoms. The van der Waals surface area contributed by atoms with E-state index in [1.54, 1.807) is 24.3 Å². The van der Waals surface area contributed by atoms with E-state index in [0.717, 1.165) is 0 Å². The Balaban J connectivity index is 1.98. The first-order chi connectivity index (χ1) is 12.3.